The average molecular weight is 313 g/mol. The number of amides is 1. The standard InChI is InChI=1S/C18H23N3O2/c1-18(2,3)23-17(22)21-11-9-14-15(10-12-21)19-20-16(14)13-7-5-4-6-8-13/h4-8H,9-12H2,1-3H3,(H,19,20). The highest BCUT2D eigenvalue weighted by atomic mass is 16.6. The predicted molar refractivity (Wildman–Crippen MR) is 89.2 cm³/mol. The molecule has 1 aliphatic rings. The maximum Gasteiger partial charge on any atom is 0.410 e. The summed E-state index contributed by atoms with van der Waals surface area (Å²) in [7, 11) is 0. The van der Waals surface area contributed by atoms with Crippen LogP contribution in [0, 0.1) is 0 Å². The molecule has 2 aromatic rings. The Balaban J connectivity index is 1.77. The first kappa shape index (κ1) is 15.6. The van der Waals surface area contributed by atoms with Crippen molar-refractivity contribution in [2.45, 2.75) is 39.2 Å². The van der Waals surface area contributed by atoms with E-state index in [1.807, 2.05) is 39.0 Å². The fourth-order valence-corrected chi connectivity index (χ4v) is 2.83. The summed E-state index contributed by atoms with van der Waals surface area (Å²) in [5.41, 5.74) is 3.97. The van der Waals surface area contributed by atoms with Crippen molar-refractivity contribution in [2.24, 2.45) is 0 Å². The molecule has 1 N–H and O–H groups in total. The molecule has 1 aromatic carbocycles. The third kappa shape index (κ3) is 3.55. The largest absolute Gasteiger partial charge is 0.444 e. The summed E-state index contributed by atoms with van der Waals surface area (Å²) in [6, 6.07) is 10.2. The lowest BCUT2D eigenvalue weighted by atomic mass is 10.0. The Morgan fingerprint density at radius 3 is 2.57 bits per heavy atom. The van der Waals surface area contributed by atoms with Gasteiger partial charge in [0.05, 0.1) is 5.69 Å². The van der Waals surface area contributed by atoms with E-state index in [9.17, 15) is 4.79 Å². The van der Waals surface area contributed by atoms with Gasteiger partial charge in [0.15, 0.2) is 0 Å². The summed E-state index contributed by atoms with van der Waals surface area (Å²) in [4.78, 5) is 14.1. The van der Waals surface area contributed by atoms with E-state index in [0.717, 1.165) is 29.8 Å². The van der Waals surface area contributed by atoms with Crippen LogP contribution in [0.15, 0.2) is 30.3 Å². The van der Waals surface area contributed by atoms with Gasteiger partial charge in [-0.1, -0.05) is 30.3 Å². The van der Waals surface area contributed by atoms with Gasteiger partial charge < -0.3 is 9.64 Å². The molecule has 0 bridgehead atoms. The van der Waals surface area contributed by atoms with Crippen molar-refractivity contribution in [1.82, 2.24) is 15.1 Å². The van der Waals surface area contributed by atoms with Crippen LogP contribution in [0.25, 0.3) is 11.3 Å². The van der Waals surface area contributed by atoms with Crippen molar-refractivity contribution in [3.63, 3.8) is 0 Å². The third-order valence-corrected chi connectivity index (χ3v) is 3.92. The first-order chi connectivity index (χ1) is 10.9. The molecule has 5 heteroatoms. The van der Waals surface area contributed by atoms with Crippen molar-refractivity contribution in [2.75, 3.05) is 13.1 Å². The lowest BCUT2D eigenvalue weighted by Gasteiger charge is -2.26. The second-order valence-electron chi connectivity index (χ2n) is 6.86. The van der Waals surface area contributed by atoms with E-state index in [1.165, 1.54) is 5.56 Å². The maximum absolute atomic E-state index is 12.3. The smallest absolute Gasteiger partial charge is 0.410 e. The number of rotatable bonds is 1. The lowest BCUT2D eigenvalue weighted by molar-refractivity contribution is 0.0258. The Morgan fingerprint density at radius 2 is 1.87 bits per heavy atom. The lowest BCUT2D eigenvalue weighted by Crippen LogP contribution is -2.38. The molecule has 0 fully saturated rings. The van der Waals surface area contributed by atoms with E-state index >= 15 is 0 Å². The maximum atomic E-state index is 12.3. The van der Waals surface area contributed by atoms with E-state index in [2.05, 4.69) is 22.3 Å². The van der Waals surface area contributed by atoms with Crippen molar-refractivity contribution in [3.05, 3.63) is 41.6 Å². The van der Waals surface area contributed by atoms with E-state index in [-0.39, 0.29) is 6.09 Å². The molecule has 1 aromatic heterocycles. The SMILES string of the molecule is CC(C)(C)OC(=O)N1CCc2[nH]nc(-c3ccccc3)c2CC1. The van der Waals surface area contributed by atoms with E-state index in [0.29, 0.717) is 13.1 Å². The number of carbonyl (C=O) groups excluding carboxylic acids is 1. The number of benzene rings is 1. The van der Waals surface area contributed by atoms with Crippen molar-refractivity contribution in [1.29, 1.82) is 0 Å². The summed E-state index contributed by atoms with van der Waals surface area (Å²) in [6.07, 6.45) is 1.32. The van der Waals surface area contributed by atoms with Gasteiger partial charge >= 0.3 is 6.09 Å². The van der Waals surface area contributed by atoms with Gasteiger partial charge in [-0.3, -0.25) is 5.10 Å². The van der Waals surface area contributed by atoms with E-state index in [1.54, 1.807) is 4.90 Å². The number of nitrogens with one attached hydrogen (secondary N) is 1. The van der Waals surface area contributed by atoms with E-state index in [4.69, 9.17) is 4.74 Å². The molecule has 122 valence electrons. The Labute approximate surface area is 136 Å². The second-order valence-corrected chi connectivity index (χ2v) is 6.86. The van der Waals surface area contributed by atoms with Crippen LogP contribution in [0.4, 0.5) is 4.79 Å². The zero-order valence-electron chi connectivity index (χ0n) is 13.9. The number of hydrogen-bond acceptors (Lipinski definition) is 3. The Kier molecular flexibility index (Phi) is 4.11. The van der Waals surface area contributed by atoms with Crippen LogP contribution < -0.4 is 0 Å². The molecule has 0 saturated carbocycles. The summed E-state index contributed by atoms with van der Waals surface area (Å²) >= 11 is 0. The van der Waals surface area contributed by atoms with Gasteiger partial charge in [-0.25, -0.2) is 4.79 Å². The molecule has 0 atom stereocenters. The molecule has 1 amide bonds. The van der Waals surface area contributed by atoms with Crippen LogP contribution in [0.3, 0.4) is 0 Å². The minimum absolute atomic E-state index is 0.239. The summed E-state index contributed by atoms with van der Waals surface area (Å²) in [5.74, 6) is 0. The Hall–Kier alpha value is -2.30. The molecule has 0 aliphatic carbocycles. The molecule has 5 nitrogen and oxygen atoms in total. The number of aromatic amines is 1. The van der Waals surface area contributed by atoms with Crippen molar-refractivity contribution in [3.8, 4) is 11.3 Å². The second kappa shape index (κ2) is 6.07. The van der Waals surface area contributed by atoms with Crippen molar-refractivity contribution < 1.29 is 9.53 Å². The van der Waals surface area contributed by atoms with Gasteiger partial charge in [0.1, 0.15) is 5.60 Å². The number of aromatic nitrogens is 2. The van der Waals surface area contributed by atoms with E-state index < -0.39 is 5.60 Å². The molecule has 0 spiro atoms. The van der Waals surface area contributed by atoms with Crippen LogP contribution in [-0.2, 0) is 17.6 Å². The van der Waals surface area contributed by atoms with Gasteiger partial charge in [-0.05, 0) is 27.2 Å². The van der Waals surface area contributed by atoms with Crippen molar-refractivity contribution >= 4 is 6.09 Å². The number of hydrogen-bond donors (Lipinski definition) is 1. The molecule has 1 aliphatic heterocycles. The zero-order chi connectivity index (χ0) is 16.4. The molecule has 3 rings (SSSR count). The van der Waals surface area contributed by atoms with Gasteiger partial charge in [0.2, 0.25) is 0 Å². The number of fused-ring (bicyclic) bond motifs is 1. The fraction of sp³-hybridized carbons (Fsp3) is 0.444. The van der Waals surface area contributed by atoms with Crippen LogP contribution >= 0.6 is 0 Å². The molecule has 0 unspecified atom stereocenters. The minimum atomic E-state index is -0.464. The predicted octanol–water partition coefficient (Wildman–Crippen LogP) is 3.41. The first-order valence-electron chi connectivity index (χ1n) is 8.03. The summed E-state index contributed by atoms with van der Waals surface area (Å²) in [5, 5.41) is 7.62. The molecule has 0 radical (unpaired) electrons. The number of carbonyl (C=O) groups is 1. The van der Waals surface area contributed by atoms with Gasteiger partial charge in [-0.15, -0.1) is 0 Å². The third-order valence-electron chi connectivity index (χ3n) is 3.92. The number of H-pyrrole nitrogens is 1. The van der Waals surface area contributed by atoms with Gasteiger partial charge in [0, 0.05) is 36.3 Å². The molecule has 23 heavy (non-hydrogen) atoms. The highest BCUT2D eigenvalue weighted by Crippen LogP contribution is 2.26. The van der Waals surface area contributed by atoms with Crippen LogP contribution in [0.1, 0.15) is 32.0 Å². The first-order valence-corrected chi connectivity index (χ1v) is 8.03. The van der Waals surface area contributed by atoms with Crippen LogP contribution in [0.2, 0.25) is 0 Å². The van der Waals surface area contributed by atoms with Gasteiger partial charge in [-0.2, -0.15) is 5.10 Å². The summed E-state index contributed by atoms with van der Waals surface area (Å²) < 4.78 is 5.48. The number of nitrogens with zero attached hydrogens (tertiary/aromatic N) is 2. The molecular formula is C18H23N3O2. The highest BCUT2D eigenvalue weighted by Gasteiger charge is 2.26. The fourth-order valence-electron chi connectivity index (χ4n) is 2.83. The average Bonchev–Trinajstić information content (AvgIpc) is 2.78. The Bertz CT molecular complexity index is 686. The Morgan fingerprint density at radius 1 is 1.17 bits per heavy atom. The monoisotopic (exact) mass is 313 g/mol. The number of ether oxygens (including phenoxy) is 1. The molecule has 2 heterocycles. The molecular weight excluding hydrogens is 290 g/mol. The van der Waals surface area contributed by atoms with Crippen LogP contribution in [0.5, 0.6) is 0 Å². The summed E-state index contributed by atoms with van der Waals surface area (Å²) in [6.45, 7) is 6.98. The topological polar surface area (TPSA) is 58.2 Å². The normalized spacial score (nSPS) is 15.0. The quantitative estimate of drug-likeness (QED) is 0.877. The molecule has 0 saturated heterocycles. The zero-order valence-corrected chi connectivity index (χ0v) is 13.9. The van der Waals surface area contributed by atoms with Crippen LogP contribution in [-0.4, -0.2) is 39.9 Å². The highest BCUT2D eigenvalue weighted by molar-refractivity contribution is 5.69. The van der Waals surface area contributed by atoms with Gasteiger partial charge in [0.25, 0.3) is 0 Å². The minimum Gasteiger partial charge on any atom is -0.444 e.